The van der Waals surface area contributed by atoms with E-state index in [1.54, 1.807) is 19.3 Å². The fraction of sp³-hybridized carbons (Fsp3) is 0.125. The van der Waals surface area contributed by atoms with E-state index in [2.05, 4.69) is 15.9 Å². The van der Waals surface area contributed by atoms with Gasteiger partial charge < -0.3 is 14.2 Å². The van der Waals surface area contributed by atoms with Crippen molar-refractivity contribution in [3.05, 3.63) is 93.1 Å². The van der Waals surface area contributed by atoms with E-state index in [1.807, 2.05) is 61.5 Å². The third-order valence-electron chi connectivity index (χ3n) is 4.68. The van der Waals surface area contributed by atoms with E-state index < -0.39 is 0 Å². The second kappa shape index (κ2) is 8.13. The van der Waals surface area contributed by atoms with Crippen LogP contribution in [0.15, 0.2) is 70.9 Å². The van der Waals surface area contributed by atoms with E-state index in [4.69, 9.17) is 14.2 Å². The summed E-state index contributed by atoms with van der Waals surface area (Å²) in [4.78, 5) is 12.8. The van der Waals surface area contributed by atoms with Crippen LogP contribution in [0.3, 0.4) is 0 Å². The number of methoxy groups -OCH3 is 1. The molecule has 0 spiro atoms. The first kappa shape index (κ1) is 19.3. The van der Waals surface area contributed by atoms with Gasteiger partial charge in [-0.25, -0.2) is 0 Å². The van der Waals surface area contributed by atoms with Crippen LogP contribution in [0.4, 0.5) is 0 Å². The average Bonchev–Trinajstić information content (AvgIpc) is 3.02. The Hall–Kier alpha value is -3.05. The van der Waals surface area contributed by atoms with Crippen molar-refractivity contribution in [2.75, 3.05) is 7.11 Å². The Morgan fingerprint density at radius 3 is 2.69 bits per heavy atom. The first-order valence-corrected chi connectivity index (χ1v) is 9.93. The lowest BCUT2D eigenvalue weighted by molar-refractivity contribution is 0.101. The normalized spacial score (nSPS) is 13.9. The van der Waals surface area contributed by atoms with Crippen LogP contribution in [-0.2, 0) is 6.61 Å². The van der Waals surface area contributed by atoms with Crippen molar-refractivity contribution in [3.8, 4) is 17.2 Å². The highest BCUT2D eigenvalue weighted by atomic mass is 79.9. The molecule has 5 heteroatoms. The summed E-state index contributed by atoms with van der Waals surface area (Å²) in [5.74, 6) is 2.13. The quantitative estimate of drug-likeness (QED) is 0.449. The minimum Gasteiger partial charge on any atom is -0.496 e. The monoisotopic (exact) mass is 450 g/mol. The number of aryl methyl sites for hydroxylation is 1. The van der Waals surface area contributed by atoms with Gasteiger partial charge in [-0.3, -0.25) is 4.79 Å². The maximum absolute atomic E-state index is 12.8. The fourth-order valence-electron chi connectivity index (χ4n) is 3.29. The van der Waals surface area contributed by atoms with Crippen LogP contribution in [0.2, 0.25) is 0 Å². The van der Waals surface area contributed by atoms with E-state index >= 15 is 0 Å². The number of Topliss-reactive ketones (excluding diaryl/α,β-unsaturated/α-hetero) is 1. The molecule has 0 aromatic heterocycles. The van der Waals surface area contributed by atoms with Gasteiger partial charge in [-0.2, -0.15) is 0 Å². The summed E-state index contributed by atoms with van der Waals surface area (Å²) in [5.41, 5.74) is 3.23. The van der Waals surface area contributed by atoms with Crippen LogP contribution in [0.5, 0.6) is 17.2 Å². The van der Waals surface area contributed by atoms with Crippen molar-refractivity contribution in [1.29, 1.82) is 0 Å². The third kappa shape index (κ3) is 4.05. The number of allylic oxidation sites excluding steroid dienone is 1. The molecule has 0 amide bonds. The highest BCUT2D eigenvalue weighted by Crippen LogP contribution is 2.38. The molecule has 146 valence electrons. The summed E-state index contributed by atoms with van der Waals surface area (Å²) in [5, 5.41) is 0. The van der Waals surface area contributed by atoms with E-state index in [0.717, 1.165) is 26.9 Å². The Labute approximate surface area is 177 Å². The zero-order chi connectivity index (χ0) is 20.4. The lowest BCUT2D eigenvalue weighted by atomic mass is 10.0. The predicted molar refractivity (Wildman–Crippen MR) is 116 cm³/mol. The van der Waals surface area contributed by atoms with Gasteiger partial charge >= 0.3 is 0 Å². The smallest absolute Gasteiger partial charge is 0.232 e. The Kier molecular flexibility index (Phi) is 5.41. The largest absolute Gasteiger partial charge is 0.496 e. The summed E-state index contributed by atoms with van der Waals surface area (Å²) in [6.45, 7) is 2.25. The molecule has 0 radical (unpaired) electrons. The third-order valence-corrected chi connectivity index (χ3v) is 5.17. The lowest BCUT2D eigenvalue weighted by Gasteiger charge is -2.11. The van der Waals surface area contributed by atoms with Gasteiger partial charge in [0.25, 0.3) is 0 Å². The number of carbonyl (C=O) groups is 1. The van der Waals surface area contributed by atoms with Crippen LogP contribution in [0.1, 0.15) is 27.0 Å². The van der Waals surface area contributed by atoms with Crippen molar-refractivity contribution >= 4 is 27.8 Å². The van der Waals surface area contributed by atoms with Crippen molar-refractivity contribution < 1.29 is 19.0 Å². The van der Waals surface area contributed by atoms with E-state index in [1.165, 1.54) is 0 Å². The van der Waals surface area contributed by atoms with Crippen molar-refractivity contribution in [2.45, 2.75) is 13.5 Å². The molecule has 0 bridgehead atoms. The highest BCUT2D eigenvalue weighted by molar-refractivity contribution is 9.10. The zero-order valence-electron chi connectivity index (χ0n) is 16.1. The molecule has 0 saturated carbocycles. The first-order valence-electron chi connectivity index (χ1n) is 9.14. The van der Waals surface area contributed by atoms with Gasteiger partial charge in [0.05, 0.1) is 12.7 Å². The molecular weight excluding hydrogens is 432 g/mol. The summed E-state index contributed by atoms with van der Waals surface area (Å²) in [6, 6.07) is 19.0. The van der Waals surface area contributed by atoms with Crippen molar-refractivity contribution in [1.82, 2.24) is 0 Å². The van der Waals surface area contributed by atoms with Crippen LogP contribution in [0, 0.1) is 6.92 Å². The van der Waals surface area contributed by atoms with Gasteiger partial charge in [0.2, 0.25) is 5.78 Å². The molecule has 4 nitrogen and oxygen atoms in total. The number of benzene rings is 3. The van der Waals surface area contributed by atoms with Gasteiger partial charge in [-0.05, 0) is 48.4 Å². The van der Waals surface area contributed by atoms with E-state index in [-0.39, 0.29) is 5.78 Å². The van der Waals surface area contributed by atoms with Crippen LogP contribution in [0.25, 0.3) is 6.08 Å². The SMILES string of the molecule is COc1ccccc1COc1cc(C)c2c(c1)O/C(=C\c1cccc(Br)c1)C2=O. The second-order valence-electron chi connectivity index (χ2n) is 6.71. The summed E-state index contributed by atoms with van der Waals surface area (Å²) < 4.78 is 18.1. The number of halogens is 1. The standard InChI is InChI=1S/C24H19BrO4/c1-15-10-19(28-14-17-7-3-4-9-20(17)27-2)13-21-23(15)24(26)22(29-21)12-16-6-5-8-18(25)11-16/h3-13H,14H2,1-2H3/b22-12-. The number of para-hydroxylation sites is 1. The van der Waals surface area contributed by atoms with Crippen molar-refractivity contribution in [2.24, 2.45) is 0 Å². The number of ketones is 1. The molecule has 1 heterocycles. The minimum absolute atomic E-state index is 0.117. The topological polar surface area (TPSA) is 44.8 Å². The average molecular weight is 451 g/mol. The molecule has 29 heavy (non-hydrogen) atoms. The van der Waals surface area contributed by atoms with Crippen LogP contribution >= 0.6 is 15.9 Å². The molecule has 0 aliphatic carbocycles. The highest BCUT2D eigenvalue weighted by Gasteiger charge is 2.30. The van der Waals surface area contributed by atoms with Gasteiger partial charge in [-0.1, -0.05) is 46.3 Å². The minimum atomic E-state index is -0.117. The van der Waals surface area contributed by atoms with Crippen molar-refractivity contribution in [3.63, 3.8) is 0 Å². The van der Waals surface area contributed by atoms with Crippen LogP contribution in [-0.4, -0.2) is 12.9 Å². The molecule has 1 aliphatic rings. The number of carbonyl (C=O) groups excluding carboxylic acids is 1. The fourth-order valence-corrected chi connectivity index (χ4v) is 3.71. The maximum atomic E-state index is 12.8. The maximum Gasteiger partial charge on any atom is 0.232 e. The summed E-state index contributed by atoms with van der Waals surface area (Å²) in [7, 11) is 1.64. The van der Waals surface area contributed by atoms with Crippen LogP contribution < -0.4 is 14.2 Å². The van der Waals surface area contributed by atoms with Gasteiger partial charge in [-0.15, -0.1) is 0 Å². The lowest BCUT2D eigenvalue weighted by Crippen LogP contribution is -2.00. The predicted octanol–water partition coefficient (Wildman–Crippen LogP) is 5.96. The summed E-state index contributed by atoms with van der Waals surface area (Å²) >= 11 is 3.44. The molecule has 3 aromatic carbocycles. The Morgan fingerprint density at radius 1 is 1.07 bits per heavy atom. The summed E-state index contributed by atoms with van der Waals surface area (Å²) in [6.07, 6.45) is 1.75. The molecule has 0 atom stereocenters. The zero-order valence-corrected chi connectivity index (χ0v) is 17.7. The number of rotatable bonds is 5. The molecule has 3 aromatic rings. The molecular formula is C24H19BrO4. The molecule has 0 fully saturated rings. The Bertz CT molecular complexity index is 1120. The number of hydrogen-bond donors (Lipinski definition) is 0. The second-order valence-corrected chi connectivity index (χ2v) is 7.62. The van der Waals surface area contributed by atoms with Gasteiger partial charge in [0, 0.05) is 16.1 Å². The Balaban J connectivity index is 1.58. The van der Waals surface area contributed by atoms with E-state index in [0.29, 0.717) is 29.4 Å². The van der Waals surface area contributed by atoms with E-state index in [9.17, 15) is 4.79 Å². The molecule has 0 saturated heterocycles. The molecule has 0 N–H and O–H groups in total. The van der Waals surface area contributed by atoms with Gasteiger partial charge in [0.15, 0.2) is 5.76 Å². The number of ether oxygens (including phenoxy) is 3. The number of fused-ring (bicyclic) bond motifs is 1. The molecule has 0 unspecified atom stereocenters. The molecule has 1 aliphatic heterocycles. The first-order chi connectivity index (χ1) is 14.0. The Morgan fingerprint density at radius 2 is 1.90 bits per heavy atom. The van der Waals surface area contributed by atoms with Gasteiger partial charge in [0.1, 0.15) is 23.9 Å². The number of hydrogen-bond acceptors (Lipinski definition) is 4. The molecule has 4 rings (SSSR count).